The molecule has 0 amide bonds. The molecule has 2 heterocycles. The van der Waals surface area contributed by atoms with Gasteiger partial charge in [-0.15, -0.1) is 5.92 Å². The van der Waals surface area contributed by atoms with Crippen LogP contribution in [0.3, 0.4) is 0 Å². The minimum absolute atomic E-state index is 0.170. The summed E-state index contributed by atoms with van der Waals surface area (Å²) in [4.78, 5) is 1.98. The molecule has 2 aliphatic heterocycles. The van der Waals surface area contributed by atoms with E-state index in [1.165, 1.54) is 12.1 Å². The van der Waals surface area contributed by atoms with Crippen LogP contribution in [-0.2, 0) is 15.7 Å². The molecular weight excluding hydrogens is 483 g/mol. The van der Waals surface area contributed by atoms with Gasteiger partial charge in [0.05, 0.1) is 31.4 Å². The highest BCUT2D eigenvalue weighted by atomic mass is 19.4. The van der Waals surface area contributed by atoms with Crippen LogP contribution in [0, 0.1) is 23.5 Å². The maximum absolute atomic E-state index is 14.0. The van der Waals surface area contributed by atoms with Crippen LogP contribution in [0.25, 0.3) is 0 Å². The Morgan fingerprint density at radius 2 is 1.86 bits per heavy atom. The Morgan fingerprint density at radius 3 is 2.50 bits per heavy atom. The van der Waals surface area contributed by atoms with Gasteiger partial charge in [-0.05, 0) is 54.4 Å². The van der Waals surface area contributed by atoms with E-state index in [-0.39, 0.29) is 12.2 Å². The van der Waals surface area contributed by atoms with Crippen molar-refractivity contribution < 1.29 is 36.5 Å². The van der Waals surface area contributed by atoms with Crippen LogP contribution in [0.15, 0.2) is 42.5 Å². The molecule has 0 saturated carbocycles. The third-order valence-corrected chi connectivity index (χ3v) is 6.29. The largest absolute Gasteiger partial charge is 0.416 e. The Kier molecular flexibility index (Phi) is 8.59. The first-order valence-corrected chi connectivity index (χ1v) is 11.7. The van der Waals surface area contributed by atoms with Gasteiger partial charge in [-0.3, -0.25) is 4.90 Å². The molecule has 5 nitrogen and oxygen atoms in total. The van der Waals surface area contributed by atoms with Crippen molar-refractivity contribution in [1.29, 1.82) is 0 Å². The molecule has 2 aromatic rings. The van der Waals surface area contributed by atoms with Crippen LogP contribution in [0.5, 0.6) is 0 Å². The highest BCUT2D eigenvalue weighted by molar-refractivity contribution is 5.29. The molecular formula is C26H27F5N2O3. The van der Waals surface area contributed by atoms with E-state index < -0.39 is 48.4 Å². The van der Waals surface area contributed by atoms with Crippen molar-refractivity contribution in [3.05, 3.63) is 70.8 Å². The number of ether oxygens (including phenoxy) is 2. The Balaban J connectivity index is 1.57. The van der Waals surface area contributed by atoms with E-state index in [0.717, 1.165) is 31.5 Å². The van der Waals surface area contributed by atoms with Crippen LogP contribution in [0.1, 0.15) is 41.7 Å². The van der Waals surface area contributed by atoms with E-state index >= 15 is 0 Å². The fourth-order valence-corrected chi connectivity index (χ4v) is 4.23. The second kappa shape index (κ2) is 11.7. The molecule has 0 radical (unpaired) electrons. The number of hydrogen-bond acceptors (Lipinski definition) is 5. The van der Waals surface area contributed by atoms with E-state index in [4.69, 9.17) is 9.47 Å². The highest BCUT2D eigenvalue weighted by Crippen LogP contribution is 2.36. The summed E-state index contributed by atoms with van der Waals surface area (Å²) in [6, 6.07) is 7.56. The zero-order valence-corrected chi connectivity index (χ0v) is 19.4. The van der Waals surface area contributed by atoms with Crippen molar-refractivity contribution in [3.8, 4) is 11.8 Å². The molecule has 194 valence electrons. The lowest BCUT2D eigenvalue weighted by Gasteiger charge is -2.41. The van der Waals surface area contributed by atoms with Crippen LogP contribution in [0.2, 0.25) is 0 Å². The minimum Gasteiger partial charge on any atom is -0.393 e. The van der Waals surface area contributed by atoms with Crippen molar-refractivity contribution in [2.24, 2.45) is 0 Å². The first-order chi connectivity index (χ1) is 17.2. The third-order valence-electron chi connectivity index (χ3n) is 6.29. The normalized spacial score (nSPS) is 23.4. The quantitative estimate of drug-likeness (QED) is 0.432. The second-order valence-corrected chi connectivity index (χ2v) is 8.78. The molecule has 4 rings (SSSR count). The number of rotatable bonds is 7. The topological polar surface area (TPSA) is 54.0 Å². The molecule has 2 fully saturated rings. The predicted octanol–water partition coefficient (Wildman–Crippen LogP) is 4.19. The summed E-state index contributed by atoms with van der Waals surface area (Å²) in [5.74, 6) is 4.77. The number of hydrogen-bond donors (Lipinski definition) is 2. The number of aliphatic hydroxyl groups excluding tert-OH is 1. The average molecular weight is 511 g/mol. The third kappa shape index (κ3) is 6.60. The summed E-state index contributed by atoms with van der Waals surface area (Å²) in [6.07, 6.45) is -5.28. The highest BCUT2D eigenvalue weighted by Gasteiger charge is 2.37. The number of halogens is 5. The van der Waals surface area contributed by atoms with Crippen molar-refractivity contribution in [1.82, 2.24) is 10.2 Å². The smallest absolute Gasteiger partial charge is 0.393 e. The van der Waals surface area contributed by atoms with Gasteiger partial charge < -0.3 is 19.9 Å². The predicted molar refractivity (Wildman–Crippen MR) is 122 cm³/mol. The SMILES string of the molecule is OC[C@@H](O[C@H]1OCCN(CC#CCC2CCN2)[C@H]1c1ccc(F)cc1)c1cc(F)cc(C(F)(F)F)c1. The number of aliphatic hydroxyl groups is 1. The standard InChI is InChI=1S/C26H27F5N2O3/c27-20-6-4-17(5-7-20)24-25(35-12-11-33(24)10-2-1-3-22-8-9-32-22)36-23(16-34)18-13-19(26(29,30)31)15-21(28)14-18/h4-7,13-15,22-25,32,34H,3,8-12,16H2/t22?,23-,24+,25-/m1/s1. The molecule has 2 saturated heterocycles. The fraction of sp³-hybridized carbons (Fsp3) is 0.462. The Hall–Kier alpha value is -2.55. The summed E-state index contributed by atoms with van der Waals surface area (Å²) in [5, 5.41) is 13.2. The van der Waals surface area contributed by atoms with Crippen LogP contribution >= 0.6 is 0 Å². The molecule has 0 spiro atoms. The molecule has 0 aromatic heterocycles. The van der Waals surface area contributed by atoms with Crippen molar-refractivity contribution >= 4 is 0 Å². The van der Waals surface area contributed by atoms with Gasteiger partial charge in [-0.25, -0.2) is 8.78 Å². The summed E-state index contributed by atoms with van der Waals surface area (Å²) in [6.45, 7) is 1.37. The molecule has 10 heteroatoms. The summed E-state index contributed by atoms with van der Waals surface area (Å²) >= 11 is 0. The maximum Gasteiger partial charge on any atom is 0.416 e. The molecule has 2 aromatic carbocycles. The lowest BCUT2D eigenvalue weighted by molar-refractivity contribution is -0.235. The molecule has 4 atom stereocenters. The van der Waals surface area contributed by atoms with E-state index in [9.17, 15) is 27.1 Å². The zero-order chi connectivity index (χ0) is 25.7. The van der Waals surface area contributed by atoms with Gasteiger partial charge in [0.25, 0.3) is 0 Å². The van der Waals surface area contributed by atoms with E-state index in [2.05, 4.69) is 17.2 Å². The van der Waals surface area contributed by atoms with Crippen molar-refractivity contribution in [3.63, 3.8) is 0 Å². The lowest BCUT2D eigenvalue weighted by Crippen LogP contribution is -2.47. The Morgan fingerprint density at radius 1 is 1.11 bits per heavy atom. The number of morpholine rings is 1. The Bertz CT molecular complexity index is 1080. The molecule has 1 unspecified atom stereocenters. The number of nitrogens with one attached hydrogen (secondary N) is 1. The molecule has 2 aliphatic rings. The van der Waals surface area contributed by atoms with Gasteiger partial charge >= 0.3 is 6.18 Å². The van der Waals surface area contributed by atoms with Crippen LogP contribution in [-0.4, -0.2) is 55.2 Å². The second-order valence-electron chi connectivity index (χ2n) is 8.78. The molecule has 0 bridgehead atoms. The Labute approximate surface area is 206 Å². The van der Waals surface area contributed by atoms with Crippen LogP contribution < -0.4 is 5.32 Å². The molecule has 2 N–H and O–H groups in total. The number of benzene rings is 2. The van der Waals surface area contributed by atoms with Gasteiger partial charge in [0.2, 0.25) is 0 Å². The van der Waals surface area contributed by atoms with E-state index in [1.54, 1.807) is 12.1 Å². The lowest BCUT2D eigenvalue weighted by atomic mass is 10.0. The van der Waals surface area contributed by atoms with Gasteiger partial charge in [0, 0.05) is 19.0 Å². The summed E-state index contributed by atoms with van der Waals surface area (Å²) < 4.78 is 79.0. The van der Waals surface area contributed by atoms with E-state index in [1.807, 2.05) is 4.90 Å². The van der Waals surface area contributed by atoms with E-state index in [0.29, 0.717) is 30.8 Å². The van der Waals surface area contributed by atoms with Crippen molar-refractivity contribution in [2.45, 2.75) is 43.5 Å². The fourth-order valence-electron chi connectivity index (χ4n) is 4.23. The van der Waals surface area contributed by atoms with Gasteiger partial charge in [0.15, 0.2) is 6.29 Å². The maximum atomic E-state index is 14.0. The minimum atomic E-state index is -4.76. The van der Waals surface area contributed by atoms with Crippen molar-refractivity contribution in [2.75, 3.05) is 32.8 Å². The number of alkyl halides is 3. The zero-order valence-electron chi connectivity index (χ0n) is 19.4. The molecule has 0 aliphatic carbocycles. The molecule has 36 heavy (non-hydrogen) atoms. The monoisotopic (exact) mass is 510 g/mol. The summed E-state index contributed by atoms with van der Waals surface area (Å²) in [5.41, 5.74) is -0.705. The first kappa shape index (κ1) is 26.5. The van der Waals surface area contributed by atoms with Gasteiger partial charge in [0.1, 0.15) is 17.7 Å². The van der Waals surface area contributed by atoms with Gasteiger partial charge in [-0.2, -0.15) is 13.2 Å². The van der Waals surface area contributed by atoms with Gasteiger partial charge in [-0.1, -0.05) is 18.1 Å². The number of nitrogens with zero attached hydrogens (tertiary/aromatic N) is 1. The van der Waals surface area contributed by atoms with Crippen LogP contribution in [0.4, 0.5) is 22.0 Å². The average Bonchev–Trinajstić information content (AvgIpc) is 2.81. The first-order valence-electron chi connectivity index (χ1n) is 11.7. The summed E-state index contributed by atoms with van der Waals surface area (Å²) in [7, 11) is 0.